The molecule has 50 heavy (non-hydrogen) atoms. The van der Waals surface area contributed by atoms with Crippen LogP contribution in [0.5, 0.6) is 0 Å². The van der Waals surface area contributed by atoms with Crippen molar-refractivity contribution in [2.24, 2.45) is 0 Å². The molecule has 0 saturated carbocycles. The molecule has 0 aliphatic carbocycles. The van der Waals surface area contributed by atoms with Crippen LogP contribution in [0.15, 0.2) is 84.9 Å². The zero-order valence-electron chi connectivity index (χ0n) is 28.8. The predicted molar refractivity (Wildman–Crippen MR) is 186 cm³/mol. The molecule has 0 saturated heterocycles. The van der Waals surface area contributed by atoms with Gasteiger partial charge in [0.05, 0.1) is 11.1 Å². The van der Waals surface area contributed by atoms with E-state index in [2.05, 4.69) is 17.6 Å². The van der Waals surface area contributed by atoms with Crippen molar-refractivity contribution in [3.8, 4) is 22.3 Å². The molecule has 4 rings (SSSR count). The Morgan fingerprint density at radius 2 is 1.14 bits per heavy atom. The highest BCUT2D eigenvalue weighted by atomic mass is 19.4. The summed E-state index contributed by atoms with van der Waals surface area (Å²) in [5, 5.41) is 5.42. The van der Waals surface area contributed by atoms with Crippen molar-refractivity contribution in [2.45, 2.75) is 90.5 Å². The molecule has 0 bridgehead atoms. The fraction of sp³-hybridized carbons (Fsp3) is 0.350. The van der Waals surface area contributed by atoms with E-state index in [4.69, 9.17) is 0 Å². The number of halogens is 6. The molecule has 1 atom stereocenters. The molecule has 2 N–H and O–H groups in total. The third-order valence-corrected chi connectivity index (χ3v) is 9.45. The number of carbonyl (C=O) groups is 2. The van der Waals surface area contributed by atoms with Crippen LogP contribution in [0.25, 0.3) is 22.3 Å². The Morgan fingerprint density at radius 3 is 1.62 bits per heavy atom. The van der Waals surface area contributed by atoms with E-state index < -0.39 is 45.9 Å². The average molecular weight is 697 g/mol. The lowest BCUT2D eigenvalue weighted by Gasteiger charge is -2.29. The van der Waals surface area contributed by atoms with Gasteiger partial charge in [-0.3, -0.25) is 9.59 Å². The zero-order valence-corrected chi connectivity index (χ0v) is 28.8. The van der Waals surface area contributed by atoms with Gasteiger partial charge in [-0.25, -0.2) is 0 Å². The number of amides is 2. The minimum absolute atomic E-state index is 0.0568. The van der Waals surface area contributed by atoms with Gasteiger partial charge in [0.2, 0.25) is 0 Å². The maximum absolute atomic E-state index is 14.3. The first kappa shape index (κ1) is 38.2. The first-order chi connectivity index (χ1) is 23.5. The van der Waals surface area contributed by atoms with Crippen molar-refractivity contribution < 1.29 is 35.9 Å². The highest BCUT2D eigenvalue weighted by Gasteiger charge is 2.39. The van der Waals surface area contributed by atoms with Crippen LogP contribution in [0.4, 0.5) is 32.0 Å². The van der Waals surface area contributed by atoms with Gasteiger partial charge in [-0.15, -0.1) is 0 Å². The Kier molecular flexibility index (Phi) is 11.9. The normalized spacial score (nSPS) is 12.8. The summed E-state index contributed by atoms with van der Waals surface area (Å²) in [6.45, 7) is 9.58. The van der Waals surface area contributed by atoms with Crippen molar-refractivity contribution in [3.05, 3.63) is 113 Å². The summed E-state index contributed by atoms with van der Waals surface area (Å²) in [6.07, 6.45) is -5.85. The van der Waals surface area contributed by atoms with E-state index in [9.17, 15) is 35.9 Å². The number of unbranched alkanes of at least 4 members (excludes halogenated alkanes) is 1. The number of nitrogens with one attached hydrogen (secondary N) is 2. The maximum atomic E-state index is 14.3. The number of carbonyl (C=O) groups excluding carboxylic acids is 2. The number of hydrogen-bond acceptors (Lipinski definition) is 2. The molecule has 1 unspecified atom stereocenters. The fourth-order valence-electron chi connectivity index (χ4n) is 5.86. The fourth-order valence-corrected chi connectivity index (χ4v) is 5.86. The number of anilines is 1. The van der Waals surface area contributed by atoms with Crippen LogP contribution in [0.2, 0.25) is 0 Å². The van der Waals surface area contributed by atoms with E-state index in [1.165, 1.54) is 18.2 Å². The minimum atomic E-state index is -5.01. The smallest absolute Gasteiger partial charge is 0.350 e. The molecule has 266 valence electrons. The van der Waals surface area contributed by atoms with Gasteiger partial charge in [0.25, 0.3) is 11.8 Å². The molecule has 0 aliphatic heterocycles. The van der Waals surface area contributed by atoms with Crippen LogP contribution in [-0.2, 0) is 17.8 Å². The summed E-state index contributed by atoms with van der Waals surface area (Å²) in [5.74, 6) is -0.862. The van der Waals surface area contributed by atoms with Crippen LogP contribution < -0.4 is 10.6 Å². The van der Waals surface area contributed by atoms with Gasteiger partial charge in [0.15, 0.2) is 0 Å². The summed E-state index contributed by atoms with van der Waals surface area (Å²) in [4.78, 5) is 25.6. The standard InChI is InChI=1S/C40H42F6N2O2/c1-6-9-10-25(4)47-36(49)28-15-11-26(12-16-28)27-13-17-29(18-14-27)37(50)48-31-20-22-33(35(24-31)40(44,45)46)32-21-19-30(38(5,7-2)8-3)23-34(32)39(41,42)43/h11-25H,6-10H2,1-5H3,(H,47,49)(H,48,50). The Balaban J connectivity index is 1.56. The Bertz CT molecular complexity index is 1790. The molecule has 0 heterocycles. The van der Waals surface area contributed by atoms with Gasteiger partial charge >= 0.3 is 12.4 Å². The third-order valence-electron chi connectivity index (χ3n) is 9.45. The van der Waals surface area contributed by atoms with E-state index in [-0.39, 0.29) is 23.2 Å². The number of alkyl halides is 6. The van der Waals surface area contributed by atoms with Gasteiger partial charge in [-0.1, -0.05) is 83.0 Å². The monoisotopic (exact) mass is 696 g/mol. The SMILES string of the molecule is CCCCC(C)NC(=O)c1ccc(-c2ccc(C(=O)Nc3ccc(-c4ccc(C(C)(CC)CC)cc4C(F)(F)F)c(C(F)(F)F)c3)cc2)cc1. The molecular formula is C40H42F6N2O2. The minimum Gasteiger partial charge on any atom is -0.350 e. The highest BCUT2D eigenvalue weighted by molar-refractivity contribution is 6.04. The molecule has 0 fully saturated rings. The molecule has 4 nitrogen and oxygen atoms in total. The topological polar surface area (TPSA) is 58.2 Å². The second-order valence-electron chi connectivity index (χ2n) is 12.9. The van der Waals surface area contributed by atoms with E-state index in [0.29, 0.717) is 30.0 Å². The summed E-state index contributed by atoms with van der Waals surface area (Å²) in [5.41, 5.74) is -1.87. The summed E-state index contributed by atoms with van der Waals surface area (Å²) in [6, 6.07) is 19.7. The van der Waals surface area contributed by atoms with Crippen LogP contribution in [0.3, 0.4) is 0 Å². The van der Waals surface area contributed by atoms with E-state index in [1.807, 2.05) is 27.7 Å². The lowest BCUT2D eigenvalue weighted by atomic mass is 9.76. The predicted octanol–water partition coefficient (Wildman–Crippen LogP) is 11.7. The summed E-state index contributed by atoms with van der Waals surface area (Å²) < 4.78 is 85.9. The van der Waals surface area contributed by atoms with Gasteiger partial charge in [-0.2, -0.15) is 26.3 Å². The molecule has 0 radical (unpaired) electrons. The molecule has 4 aromatic rings. The Hall–Kier alpha value is -4.60. The molecule has 4 aromatic carbocycles. The maximum Gasteiger partial charge on any atom is 0.417 e. The quantitative estimate of drug-likeness (QED) is 0.145. The van der Waals surface area contributed by atoms with Gasteiger partial charge in [0.1, 0.15) is 0 Å². The third kappa shape index (κ3) is 8.94. The van der Waals surface area contributed by atoms with Crippen molar-refractivity contribution in [1.29, 1.82) is 0 Å². The summed E-state index contributed by atoms with van der Waals surface area (Å²) >= 11 is 0. The average Bonchev–Trinajstić information content (AvgIpc) is 3.09. The van der Waals surface area contributed by atoms with Crippen molar-refractivity contribution >= 4 is 17.5 Å². The summed E-state index contributed by atoms with van der Waals surface area (Å²) in [7, 11) is 0. The van der Waals surface area contributed by atoms with Crippen LogP contribution in [0, 0.1) is 0 Å². The molecule has 2 amide bonds. The van der Waals surface area contributed by atoms with Crippen molar-refractivity contribution in [2.75, 3.05) is 5.32 Å². The van der Waals surface area contributed by atoms with E-state index in [0.717, 1.165) is 54.7 Å². The number of benzene rings is 4. The Morgan fingerprint density at radius 1 is 0.660 bits per heavy atom. The van der Waals surface area contributed by atoms with Gasteiger partial charge in [-0.05, 0) is 102 Å². The molecule has 0 aromatic heterocycles. The van der Waals surface area contributed by atoms with Crippen molar-refractivity contribution in [1.82, 2.24) is 5.32 Å². The second-order valence-corrected chi connectivity index (χ2v) is 12.9. The number of rotatable bonds is 12. The molecular weight excluding hydrogens is 654 g/mol. The molecule has 0 spiro atoms. The van der Waals surface area contributed by atoms with Crippen LogP contribution in [0.1, 0.15) is 104 Å². The molecule has 10 heteroatoms. The van der Waals surface area contributed by atoms with Crippen molar-refractivity contribution in [3.63, 3.8) is 0 Å². The second kappa shape index (κ2) is 15.5. The van der Waals surface area contributed by atoms with Gasteiger partial charge < -0.3 is 10.6 Å². The number of hydrogen-bond donors (Lipinski definition) is 2. The van der Waals surface area contributed by atoms with Gasteiger partial charge in [0, 0.05) is 22.9 Å². The highest BCUT2D eigenvalue weighted by Crippen LogP contribution is 2.45. The first-order valence-electron chi connectivity index (χ1n) is 16.8. The molecule has 0 aliphatic rings. The Labute approximate surface area is 289 Å². The lowest BCUT2D eigenvalue weighted by Crippen LogP contribution is -2.32. The van der Waals surface area contributed by atoms with Crippen LogP contribution >= 0.6 is 0 Å². The largest absolute Gasteiger partial charge is 0.417 e. The first-order valence-corrected chi connectivity index (χ1v) is 16.8. The van der Waals surface area contributed by atoms with Crippen LogP contribution in [-0.4, -0.2) is 17.9 Å². The zero-order chi connectivity index (χ0) is 36.9. The van der Waals surface area contributed by atoms with E-state index >= 15 is 0 Å². The lowest BCUT2D eigenvalue weighted by molar-refractivity contribution is -0.139. The van der Waals surface area contributed by atoms with E-state index in [1.54, 1.807) is 36.4 Å².